The zero-order valence-corrected chi connectivity index (χ0v) is 16.4. The number of alkyl halides is 1. The minimum Gasteiger partial charge on any atom is -0.338 e. The molecule has 0 radical (unpaired) electrons. The summed E-state index contributed by atoms with van der Waals surface area (Å²) in [4.78, 5) is 18.9. The number of tetrazole rings is 1. The van der Waals surface area contributed by atoms with E-state index in [0.29, 0.717) is 17.0 Å². The SMILES string of the molecule is N#CC1(F)CCN(C(=O)c2ccc(Nc3nc4ccccc4n4nnnc34)cc2)CC1. The van der Waals surface area contributed by atoms with Crippen molar-refractivity contribution in [3.8, 4) is 6.07 Å². The molecule has 1 amide bonds. The van der Waals surface area contributed by atoms with E-state index in [2.05, 4.69) is 25.8 Å². The first-order valence-corrected chi connectivity index (χ1v) is 9.80. The number of carbonyl (C=O) groups excluding carboxylic acids is 1. The number of amides is 1. The average molecular weight is 416 g/mol. The van der Waals surface area contributed by atoms with Crippen molar-refractivity contribution >= 4 is 34.1 Å². The molecule has 0 bridgehead atoms. The number of halogens is 1. The molecule has 0 unspecified atom stereocenters. The molecule has 5 rings (SSSR count). The van der Waals surface area contributed by atoms with Crippen molar-refractivity contribution in [2.75, 3.05) is 18.4 Å². The molecule has 1 aliphatic rings. The summed E-state index contributed by atoms with van der Waals surface area (Å²) in [7, 11) is 0. The van der Waals surface area contributed by atoms with Gasteiger partial charge in [0.2, 0.25) is 5.65 Å². The molecule has 9 nitrogen and oxygen atoms in total. The summed E-state index contributed by atoms with van der Waals surface area (Å²) in [5, 5.41) is 23.9. The van der Waals surface area contributed by atoms with Crippen LogP contribution in [-0.2, 0) is 0 Å². The number of para-hydroxylation sites is 2. The quantitative estimate of drug-likeness (QED) is 0.546. The number of nitriles is 1. The number of nitrogens with one attached hydrogen (secondary N) is 1. The Labute approximate surface area is 176 Å². The van der Waals surface area contributed by atoms with Crippen LogP contribution in [0.4, 0.5) is 15.9 Å². The number of carbonyl (C=O) groups is 1. The molecule has 154 valence electrons. The van der Waals surface area contributed by atoms with Gasteiger partial charge in [0.1, 0.15) is 6.07 Å². The Morgan fingerprint density at radius 1 is 1.13 bits per heavy atom. The molecule has 31 heavy (non-hydrogen) atoms. The molecule has 3 heterocycles. The minimum absolute atomic E-state index is 0.0326. The van der Waals surface area contributed by atoms with Gasteiger partial charge in [-0.15, -0.1) is 5.10 Å². The number of hydrogen-bond donors (Lipinski definition) is 1. The molecule has 2 aromatic carbocycles. The number of anilines is 2. The van der Waals surface area contributed by atoms with Gasteiger partial charge in [-0.05, 0) is 46.8 Å². The van der Waals surface area contributed by atoms with Crippen LogP contribution in [0.2, 0.25) is 0 Å². The van der Waals surface area contributed by atoms with Crippen LogP contribution < -0.4 is 5.32 Å². The van der Waals surface area contributed by atoms with Crippen LogP contribution >= 0.6 is 0 Å². The molecule has 1 N–H and O–H groups in total. The molecule has 0 atom stereocenters. The molecule has 0 aliphatic carbocycles. The number of hydrogen-bond acceptors (Lipinski definition) is 7. The fourth-order valence-corrected chi connectivity index (χ4v) is 3.68. The van der Waals surface area contributed by atoms with Gasteiger partial charge < -0.3 is 10.2 Å². The highest BCUT2D eigenvalue weighted by Gasteiger charge is 2.36. The number of rotatable bonds is 3. The number of fused-ring (bicyclic) bond motifs is 3. The predicted molar refractivity (Wildman–Crippen MR) is 110 cm³/mol. The second-order valence-corrected chi connectivity index (χ2v) is 7.44. The lowest BCUT2D eigenvalue weighted by atomic mass is 9.94. The van der Waals surface area contributed by atoms with Crippen LogP contribution in [0.3, 0.4) is 0 Å². The van der Waals surface area contributed by atoms with E-state index in [-0.39, 0.29) is 31.8 Å². The highest BCUT2D eigenvalue weighted by Crippen LogP contribution is 2.27. The number of aromatic nitrogens is 5. The van der Waals surface area contributed by atoms with Gasteiger partial charge in [0.15, 0.2) is 11.5 Å². The molecule has 2 aromatic heterocycles. The van der Waals surface area contributed by atoms with Gasteiger partial charge in [-0.3, -0.25) is 4.79 Å². The Bertz CT molecular complexity index is 1320. The third kappa shape index (κ3) is 3.40. The van der Waals surface area contributed by atoms with E-state index in [1.807, 2.05) is 24.3 Å². The Balaban J connectivity index is 1.36. The van der Waals surface area contributed by atoms with Gasteiger partial charge >= 0.3 is 0 Å². The van der Waals surface area contributed by atoms with E-state index in [1.165, 1.54) is 0 Å². The molecule has 4 aromatic rings. The molecule has 1 fully saturated rings. The first kappa shape index (κ1) is 18.9. The molecule has 1 saturated heterocycles. The van der Waals surface area contributed by atoms with Gasteiger partial charge in [0.25, 0.3) is 5.91 Å². The topological polar surface area (TPSA) is 112 Å². The van der Waals surface area contributed by atoms with Gasteiger partial charge in [0.05, 0.1) is 11.0 Å². The average Bonchev–Trinajstić information content (AvgIpc) is 3.31. The molecular formula is C21H17FN8O. The van der Waals surface area contributed by atoms with E-state index < -0.39 is 5.67 Å². The predicted octanol–water partition coefficient (Wildman–Crippen LogP) is 2.88. The molecule has 1 aliphatic heterocycles. The summed E-state index contributed by atoms with van der Waals surface area (Å²) in [6.45, 7) is 0.448. The smallest absolute Gasteiger partial charge is 0.253 e. The summed E-state index contributed by atoms with van der Waals surface area (Å²) < 4.78 is 15.7. The fourth-order valence-electron chi connectivity index (χ4n) is 3.68. The number of nitrogens with zero attached hydrogens (tertiary/aromatic N) is 7. The van der Waals surface area contributed by atoms with Crippen LogP contribution in [-0.4, -0.2) is 54.6 Å². The highest BCUT2D eigenvalue weighted by molar-refractivity contribution is 5.95. The van der Waals surface area contributed by atoms with Crippen LogP contribution in [0.25, 0.3) is 16.7 Å². The zero-order chi connectivity index (χ0) is 21.4. The van der Waals surface area contributed by atoms with Crippen LogP contribution in [0.1, 0.15) is 23.2 Å². The van der Waals surface area contributed by atoms with E-state index in [9.17, 15) is 9.18 Å². The maximum atomic E-state index is 14.1. The fraction of sp³-hybridized carbons (Fsp3) is 0.238. The second-order valence-electron chi connectivity index (χ2n) is 7.44. The first-order valence-electron chi connectivity index (χ1n) is 9.80. The minimum atomic E-state index is -1.83. The van der Waals surface area contributed by atoms with Crippen molar-refractivity contribution in [1.82, 2.24) is 29.9 Å². The summed E-state index contributed by atoms with van der Waals surface area (Å²) >= 11 is 0. The Morgan fingerprint density at radius 2 is 1.87 bits per heavy atom. The van der Waals surface area contributed by atoms with Crippen molar-refractivity contribution in [3.63, 3.8) is 0 Å². The molecule has 0 saturated carbocycles. The van der Waals surface area contributed by atoms with E-state index in [1.54, 1.807) is 39.7 Å². The lowest BCUT2D eigenvalue weighted by Crippen LogP contribution is -2.43. The van der Waals surface area contributed by atoms with Crippen molar-refractivity contribution in [1.29, 1.82) is 5.26 Å². The summed E-state index contributed by atoms with van der Waals surface area (Å²) in [6.07, 6.45) is 0.0653. The lowest BCUT2D eigenvalue weighted by Gasteiger charge is -2.32. The number of piperidine rings is 1. The van der Waals surface area contributed by atoms with E-state index in [4.69, 9.17) is 5.26 Å². The third-order valence-electron chi connectivity index (χ3n) is 5.46. The van der Waals surface area contributed by atoms with Crippen LogP contribution in [0.15, 0.2) is 48.5 Å². The van der Waals surface area contributed by atoms with E-state index in [0.717, 1.165) is 16.7 Å². The lowest BCUT2D eigenvalue weighted by molar-refractivity contribution is 0.0588. The maximum Gasteiger partial charge on any atom is 0.253 e. The molecule has 0 spiro atoms. The molecule has 10 heteroatoms. The highest BCUT2D eigenvalue weighted by atomic mass is 19.1. The Hall–Kier alpha value is -4.13. The first-order chi connectivity index (χ1) is 15.1. The number of benzene rings is 2. The summed E-state index contributed by atoms with van der Waals surface area (Å²) in [6, 6.07) is 16.2. The summed E-state index contributed by atoms with van der Waals surface area (Å²) in [5.41, 5.74) is 1.40. The van der Waals surface area contributed by atoms with Crippen molar-refractivity contribution < 1.29 is 9.18 Å². The van der Waals surface area contributed by atoms with Gasteiger partial charge in [-0.25, -0.2) is 9.37 Å². The molecular weight excluding hydrogens is 399 g/mol. The third-order valence-corrected chi connectivity index (χ3v) is 5.46. The number of likely N-dealkylation sites (tertiary alicyclic amines) is 1. The van der Waals surface area contributed by atoms with Crippen LogP contribution in [0.5, 0.6) is 0 Å². The maximum absolute atomic E-state index is 14.1. The zero-order valence-electron chi connectivity index (χ0n) is 16.4. The van der Waals surface area contributed by atoms with Crippen molar-refractivity contribution in [3.05, 3.63) is 54.1 Å². The Kier molecular flexibility index (Phi) is 4.43. The Morgan fingerprint density at radius 3 is 2.61 bits per heavy atom. The standard InChI is InChI=1S/C21H17FN8O/c22-21(13-23)9-11-29(12-10-21)20(31)14-5-7-15(8-6-14)24-18-19-26-27-28-30(19)17-4-2-1-3-16(17)25-18/h1-8H,9-12H2,(H,24,25). The summed E-state index contributed by atoms with van der Waals surface area (Å²) in [5.74, 6) is 0.314. The van der Waals surface area contributed by atoms with Crippen molar-refractivity contribution in [2.24, 2.45) is 0 Å². The monoisotopic (exact) mass is 416 g/mol. The largest absolute Gasteiger partial charge is 0.338 e. The van der Waals surface area contributed by atoms with Gasteiger partial charge in [0, 0.05) is 37.2 Å². The normalized spacial score (nSPS) is 15.7. The van der Waals surface area contributed by atoms with E-state index >= 15 is 0 Å². The van der Waals surface area contributed by atoms with Gasteiger partial charge in [-0.2, -0.15) is 9.78 Å². The van der Waals surface area contributed by atoms with Gasteiger partial charge in [-0.1, -0.05) is 12.1 Å². The van der Waals surface area contributed by atoms with Crippen molar-refractivity contribution in [2.45, 2.75) is 18.5 Å². The second kappa shape index (κ2) is 7.28. The van der Waals surface area contributed by atoms with Crippen LogP contribution in [0, 0.1) is 11.3 Å².